The fraction of sp³-hybridized carbons (Fsp3) is 0.500. The van der Waals surface area contributed by atoms with E-state index in [2.05, 4.69) is 9.97 Å². The molecule has 1 rings (SSSR count). The summed E-state index contributed by atoms with van der Waals surface area (Å²) < 4.78 is 4.92. The van der Waals surface area contributed by atoms with Crippen molar-refractivity contribution >= 4 is 0 Å². The number of hydrogen-bond donors (Lipinski definition) is 1. The van der Waals surface area contributed by atoms with Gasteiger partial charge in [0.15, 0.2) is 5.82 Å². The topological polar surface area (TPSA) is 61.0 Å². The van der Waals surface area contributed by atoms with Crippen molar-refractivity contribution in [2.75, 3.05) is 7.11 Å². The minimum absolute atomic E-state index is 0.439. The van der Waals surface area contributed by atoms with Gasteiger partial charge in [0.1, 0.15) is 6.61 Å². The van der Waals surface area contributed by atoms with Crippen molar-refractivity contribution in [1.29, 1.82) is 0 Å². The molecule has 0 atom stereocenters. The van der Waals surface area contributed by atoms with Crippen LogP contribution in [-0.2, 0) is 17.9 Å². The summed E-state index contributed by atoms with van der Waals surface area (Å²) in [5.41, 5.74) is 7.24. The minimum Gasteiger partial charge on any atom is -0.377 e. The number of nitrogens with two attached hydrogens (primary N) is 1. The highest BCUT2D eigenvalue weighted by atomic mass is 16.5. The second-order valence-corrected chi connectivity index (χ2v) is 2.55. The van der Waals surface area contributed by atoms with E-state index in [0.29, 0.717) is 19.0 Å². The lowest BCUT2D eigenvalue weighted by Gasteiger charge is -2.02. The molecular formula is C8H13N3O. The van der Waals surface area contributed by atoms with Crippen molar-refractivity contribution in [3.05, 3.63) is 23.3 Å². The van der Waals surface area contributed by atoms with Crippen LogP contribution in [0.3, 0.4) is 0 Å². The minimum atomic E-state index is 0.439. The zero-order valence-electron chi connectivity index (χ0n) is 7.37. The van der Waals surface area contributed by atoms with E-state index in [4.69, 9.17) is 10.5 Å². The molecule has 66 valence electrons. The number of aryl methyl sites for hydroxylation is 1. The summed E-state index contributed by atoms with van der Waals surface area (Å²) in [6.07, 6.45) is 0. The molecule has 0 amide bonds. The Morgan fingerprint density at radius 1 is 1.50 bits per heavy atom. The molecule has 4 heteroatoms. The highest BCUT2D eigenvalue weighted by molar-refractivity contribution is 5.09. The molecule has 0 fully saturated rings. The van der Waals surface area contributed by atoms with Gasteiger partial charge in [-0.05, 0) is 13.0 Å². The van der Waals surface area contributed by atoms with Gasteiger partial charge in [-0.25, -0.2) is 9.97 Å². The second kappa shape index (κ2) is 4.13. The Labute approximate surface area is 71.8 Å². The standard InChI is InChI=1S/C8H13N3O/c1-6-3-7(4-9)11-8(10-6)5-12-2/h3H,4-5,9H2,1-2H3. The quantitative estimate of drug-likeness (QED) is 0.707. The lowest BCUT2D eigenvalue weighted by molar-refractivity contribution is 0.177. The Hall–Kier alpha value is -1.00. The molecule has 4 nitrogen and oxygen atoms in total. The van der Waals surface area contributed by atoms with Crippen molar-refractivity contribution in [2.45, 2.75) is 20.1 Å². The maximum atomic E-state index is 5.45. The third kappa shape index (κ3) is 2.25. The van der Waals surface area contributed by atoms with Crippen LogP contribution < -0.4 is 5.73 Å². The molecule has 12 heavy (non-hydrogen) atoms. The van der Waals surface area contributed by atoms with Crippen LogP contribution in [0.5, 0.6) is 0 Å². The van der Waals surface area contributed by atoms with Crippen LogP contribution in [0.4, 0.5) is 0 Å². The van der Waals surface area contributed by atoms with Crippen molar-refractivity contribution in [3.63, 3.8) is 0 Å². The van der Waals surface area contributed by atoms with Crippen LogP contribution in [0.1, 0.15) is 17.2 Å². The van der Waals surface area contributed by atoms with Crippen LogP contribution >= 0.6 is 0 Å². The van der Waals surface area contributed by atoms with Gasteiger partial charge in [-0.1, -0.05) is 0 Å². The molecule has 0 bridgehead atoms. The average molecular weight is 167 g/mol. The molecule has 1 aromatic rings. The van der Waals surface area contributed by atoms with Gasteiger partial charge in [0, 0.05) is 19.3 Å². The van der Waals surface area contributed by atoms with Gasteiger partial charge < -0.3 is 10.5 Å². The van der Waals surface area contributed by atoms with E-state index in [9.17, 15) is 0 Å². The smallest absolute Gasteiger partial charge is 0.154 e. The summed E-state index contributed by atoms with van der Waals surface area (Å²) >= 11 is 0. The van der Waals surface area contributed by atoms with Crippen LogP contribution in [0.15, 0.2) is 6.07 Å². The predicted octanol–water partition coefficient (Wildman–Crippen LogP) is 0.390. The molecule has 0 aromatic carbocycles. The zero-order chi connectivity index (χ0) is 8.97. The molecule has 1 aromatic heterocycles. The van der Waals surface area contributed by atoms with Crippen LogP contribution in [0.25, 0.3) is 0 Å². The Kier molecular flexibility index (Phi) is 3.13. The van der Waals surface area contributed by atoms with Gasteiger partial charge in [-0.2, -0.15) is 0 Å². The van der Waals surface area contributed by atoms with Crippen LogP contribution in [0, 0.1) is 6.92 Å². The van der Waals surface area contributed by atoms with E-state index in [1.54, 1.807) is 7.11 Å². The Morgan fingerprint density at radius 2 is 2.25 bits per heavy atom. The fourth-order valence-corrected chi connectivity index (χ4v) is 0.998. The number of nitrogens with zero attached hydrogens (tertiary/aromatic N) is 2. The third-order valence-electron chi connectivity index (χ3n) is 1.44. The van der Waals surface area contributed by atoms with Gasteiger partial charge in [-0.3, -0.25) is 0 Å². The molecule has 0 radical (unpaired) electrons. The SMILES string of the molecule is COCc1nc(C)cc(CN)n1. The normalized spacial score (nSPS) is 10.2. The zero-order valence-corrected chi connectivity index (χ0v) is 7.37. The second-order valence-electron chi connectivity index (χ2n) is 2.55. The molecule has 0 aliphatic rings. The third-order valence-corrected chi connectivity index (χ3v) is 1.44. The summed E-state index contributed by atoms with van der Waals surface area (Å²) in [6, 6.07) is 1.87. The number of hydrogen-bond acceptors (Lipinski definition) is 4. The van der Waals surface area contributed by atoms with E-state index < -0.39 is 0 Å². The molecule has 0 aliphatic carbocycles. The number of aromatic nitrogens is 2. The number of ether oxygens (including phenoxy) is 1. The summed E-state index contributed by atoms with van der Waals surface area (Å²) in [5, 5.41) is 0. The van der Waals surface area contributed by atoms with Crippen molar-refractivity contribution < 1.29 is 4.74 Å². The Bertz CT molecular complexity index is 262. The van der Waals surface area contributed by atoms with E-state index in [-0.39, 0.29) is 0 Å². The average Bonchev–Trinajstić information content (AvgIpc) is 2.04. The lowest BCUT2D eigenvalue weighted by atomic mass is 10.3. The first-order valence-electron chi connectivity index (χ1n) is 3.78. The highest BCUT2D eigenvalue weighted by Gasteiger charge is 1.99. The highest BCUT2D eigenvalue weighted by Crippen LogP contribution is 2.00. The maximum absolute atomic E-state index is 5.45. The largest absolute Gasteiger partial charge is 0.377 e. The Morgan fingerprint density at radius 3 is 2.83 bits per heavy atom. The van der Waals surface area contributed by atoms with Gasteiger partial charge in [0.2, 0.25) is 0 Å². The molecule has 0 spiro atoms. The maximum Gasteiger partial charge on any atom is 0.154 e. The number of methoxy groups -OCH3 is 1. The summed E-state index contributed by atoms with van der Waals surface area (Å²) in [4.78, 5) is 8.36. The molecule has 2 N–H and O–H groups in total. The molecule has 0 unspecified atom stereocenters. The Balaban J connectivity index is 2.90. The van der Waals surface area contributed by atoms with E-state index in [1.807, 2.05) is 13.0 Å². The van der Waals surface area contributed by atoms with E-state index in [1.165, 1.54) is 0 Å². The molecule has 1 heterocycles. The van der Waals surface area contributed by atoms with Gasteiger partial charge in [0.05, 0.1) is 5.69 Å². The summed E-state index contributed by atoms with van der Waals surface area (Å²) in [5.74, 6) is 0.693. The molecule has 0 saturated heterocycles. The fourth-order valence-electron chi connectivity index (χ4n) is 0.998. The van der Waals surface area contributed by atoms with Crippen molar-refractivity contribution in [1.82, 2.24) is 9.97 Å². The van der Waals surface area contributed by atoms with Crippen molar-refractivity contribution in [2.24, 2.45) is 5.73 Å². The van der Waals surface area contributed by atoms with Crippen molar-refractivity contribution in [3.8, 4) is 0 Å². The molecule has 0 saturated carbocycles. The first-order valence-corrected chi connectivity index (χ1v) is 3.78. The monoisotopic (exact) mass is 167 g/mol. The molecular weight excluding hydrogens is 154 g/mol. The predicted molar refractivity (Wildman–Crippen MR) is 45.4 cm³/mol. The van der Waals surface area contributed by atoms with Crippen LogP contribution in [-0.4, -0.2) is 17.1 Å². The van der Waals surface area contributed by atoms with E-state index >= 15 is 0 Å². The first kappa shape index (κ1) is 9.09. The van der Waals surface area contributed by atoms with Gasteiger partial charge >= 0.3 is 0 Å². The summed E-state index contributed by atoms with van der Waals surface area (Å²) in [6.45, 7) is 2.80. The first-order chi connectivity index (χ1) is 5.76. The van der Waals surface area contributed by atoms with Crippen LogP contribution in [0.2, 0.25) is 0 Å². The van der Waals surface area contributed by atoms with Gasteiger partial charge in [-0.15, -0.1) is 0 Å². The number of rotatable bonds is 3. The van der Waals surface area contributed by atoms with Gasteiger partial charge in [0.25, 0.3) is 0 Å². The summed E-state index contributed by atoms with van der Waals surface area (Å²) in [7, 11) is 1.62. The molecule has 0 aliphatic heterocycles. The lowest BCUT2D eigenvalue weighted by Crippen LogP contribution is -2.06. The van der Waals surface area contributed by atoms with E-state index in [0.717, 1.165) is 11.4 Å².